The summed E-state index contributed by atoms with van der Waals surface area (Å²) in [6.45, 7) is 6.00. The van der Waals surface area contributed by atoms with Crippen molar-refractivity contribution in [2.45, 2.75) is 19.8 Å². The second-order valence-electron chi connectivity index (χ2n) is 6.45. The molecule has 7 heteroatoms. The number of hydrogen-bond acceptors (Lipinski definition) is 3. The lowest BCUT2D eigenvalue weighted by Crippen LogP contribution is -2.54. The van der Waals surface area contributed by atoms with Crippen LogP contribution in [0.1, 0.15) is 19.8 Å². The number of rotatable bonds is 3. The lowest BCUT2D eigenvalue weighted by Gasteiger charge is -2.39. The summed E-state index contributed by atoms with van der Waals surface area (Å²) < 4.78 is 28.8. The fourth-order valence-electron chi connectivity index (χ4n) is 3.21. The second-order valence-corrected chi connectivity index (χ2v) is 8.82. The summed E-state index contributed by atoms with van der Waals surface area (Å²) in [6, 6.07) is 7.71. The zero-order valence-electron chi connectivity index (χ0n) is 13.5. The molecule has 0 unspecified atom stereocenters. The van der Waals surface area contributed by atoms with Crippen molar-refractivity contribution in [3.05, 3.63) is 29.3 Å². The molecule has 2 fully saturated rings. The Bertz CT molecular complexity index is 619. The molecule has 128 valence electrons. The third kappa shape index (κ3) is 3.82. The largest absolute Gasteiger partial charge is 0.369 e. The Labute approximate surface area is 144 Å². The lowest BCUT2D eigenvalue weighted by atomic mass is 10.0. The number of piperidine rings is 1. The van der Waals surface area contributed by atoms with E-state index >= 15 is 0 Å². The molecular weight excluding hydrogens is 334 g/mol. The molecule has 2 heterocycles. The van der Waals surface area contributed by atoms with E-state index in [2.05, 4.69) is 11.8 Å². The second kappa shape index (κ2) is 6.97. The molecular formula is C16H24ClN3O2S. The Morgan fingerprint density at radius 3 is 2.00 bits per heavy atom. The summed E-state index contributed by atoms with van der Waals surface area (Å²) in [5.74, 6) is 0.628. The Morgan fingerprint density at radius 1 is 0.913 bits per heavy atom. The first-order valence-electron chi connectivity index (χ1n) is 8.22. The minimum absolute atomic E-state index is 0.539. The highest BCUT2D eigenvalue weighted by atomic mass is 35.5. The average molecular weight is 358 g/mol. The van der Waals surface area contributed by atoms with Crippen LogP contribution < -0.4 is 4.90 Å². The van der Waals surface area contributed by atoms with E-state index in [-0.39, 0.29) is 0 Å². The third-order valence-corrected chi connectivity index (χ3v) is 7.11. The van der Waals surface area contributed by atoms with E-state index in [9.17, 15) is 8.42 Å². The van der Waals surface area contributed by atoms with Crippen LogP contribution in [-0.4, -0.2) is 56.3 Å². The first-order chi connectivity index (χ1) is 11.0. The predicted molar refractivity (Wildman–Crippen MR) is 94.1 cm³/mol. The number of halogens is 1. The molecule has 3 rings (SSSR count). The van der Waals surface area contributed by atoms with Gasteiger partial charge in [0.05, 0.1) is 0 Å². The molecule has 0 aliphatic carbocycles. The number of benzene rings is 1. The highest BCUT2D eigenvalue weighted by Gasteiger charge is 2.34. The van der Waals surface area contributed by atoms with Crippen LogP contribution in [0.2, 0.25) is 5.02 Å². The van der Waals surface area contributed by atoms with E-state index < -0.39 is 10.2 Å². The monoisotopic (exact) mass is 357 g/mol. The van der Waals surface area contributed by atoms with Crippen LogP contribution in [0.5, 0.6) is 0 Å². The molecule has 0 spiro atoms. The van der Waals surface area contributed by atoms with Crippen LogP contribution in [0, 0.1) is 5.92 Å². The van der Waals surface area contributed by atoms with Gasteiger partial charge in [0.25, 0.3) is 10.2 Å². The van der Waals surface area contributed by atoms with E-state index in [0.29, 0.717) is 50.2 Å². The van der Waals surface area contributed by atoms with Crippen molar-refractivity contribution < 1.29 is 8.42 Å². The zero-order valence-corrected chi connectivity index (χ0v) is 15.1. The van der Waals surface area contributed by atoms with Crippen molar-refractivity contribution in [2.75, 3.05) is 44.2 Å². The van der Waals surface area contributed by atoms with Crippen molar-refractivity contribution in [2.24, 2.45) is 5.92 Å². The SMILES string of the molecule is CC1CCN(S(=O)(=O)N2CCN(c3ccc(Cl)cc3)CC2)CC1. The molecule has 1 aromatic rings. The van der Waals surface area contributed by atoms with E-state index in [0.717, 1.165) is 18.5 Å². The standard InChI is InChI=1S/C16H24ClN3O2S/c1-14-6-8-19(9-7-14)23(21,22)20-12-10-18(11-13-20)16-4-2-15(17)3-5-16/h2-5,14H,6-13H2,1H3. The van der Waals surface area contributed by atoms with E-state index in [1.54, 1.807) is 8.61 Å². The molecule has 1 aromatic carbocycles. The van der Waals surface area contributed by atoms with Crippen LogP contribution in [0.3, 0.4) is 0 Å². The quantitative estimate of drug-likeness (QED) is 0.834. The van der Waals surface area contributed by atoms with Crippen LogP contribution in [0.25, 0.3) is 0 Å². The molecule has 0 radical (unpaired) electrons. The van der Waals surface area contributed by atoms with Gasteiger partial charge in [-0.1, -0.05) is 18.5 Å². The maximum absolute atomic E-state index is 12.8. The molecule has 2 saturated heterocycles. The van der Waals surface area contributed by atoms with Crippen molar-refractivity contribution in [3.8, 4) is 0 Å². The number of piperazine rings is 1. The summed E-state index contributed by atoms with van der Waals surface area (Å²) in [6.07, 6.45) is 1.92. The Morgan fingerprint density at radius 2 is 1.43 bits per heavy atom. The number of anilines is 1. The zero-order chi connectivity index (χ0) is 16.4. The number of hydrogen-bond donors (Lipinski definition) is 0. The highest BCUT2D eigenvalue weighted by molar-refractivity contribution is 7.86. The van der Waals surface area contributed by atoms with Gasteiger partial charge in [-0.15, -0.1) is 0 Å². The van der Waals surface area contributed by atoms with Gasteiger partial charge in [0.2, 0.25) is 0 Å². The van der Waals surface area contributed by atoms with Crippen molar-refractivity contribution >= 4 is 27.5 Å². The van der Waals surface area contributed by atoms with Gasteiger partial charge in [-0.2, -0.15) is 17.0 Å². The predicted octanol–water partition coefficient (Wildman–Crippen LogP) is 2.44. The normalized spacial score (nSPS) is 22.4. The van der Waals surface area contributed by atoms with Gasteiger partial charge in [0.15, 0.2) is 0 Å². The van der Waals surface area contributed by atoms with Gasteiger partial charge in [0, 0.05) is 50.0 Å². The first-order valence-corrected chi connectivity index (χ1v) is 10.00. The Balaban J connectivity index is 1.60. The molecule has 23 heavy (non-hydrogen) atoms. The summed E-state index contributed by atoms with van der Waals surface area (Å²) in [5.41, 5.74) is 1.10. The summed E-state index contributed by atoms with van der Waals surface area (Å²) in [4.78, 5) is 2.21. The maximum atomic E-state index is 12.8. The van der Waals surface area contributed by atoms with Crippen LogP contribution in [0.4, 0.5) is 5.69 Å². The topological polar surface area (TPSA) is 43.9 Å². The Kier molecular flexibility index (Phi) is 5.16. The Hall–Kier alpha value is -0.820. The van der Waals surface area contributed by atoms with Crippen molar-refractivity contribution in [3.63, 3.8) is 0 Å². The maximum Gasteiger partial charge on any atom is 0.282 e. The lowest BCUT2D eigenvalue weighted by molar-refractivity contribution is 0.260. The van der Waals surface area contributed by atoms with Gasteiger partial charge in [-0.3, -0.25) is 0 Å². The fourth-order valence-corrected chi connectivity index (χ4v) is 4.96. The summed E-state index contributed by atoms with van der Waals surface area (Å²) in [7, 11) is -3.30. The van der Waals surface area contributed by atoms with Crippen molar-refractivity contribution in [1.82, 2.24) is 8.61 Å². The minimum Gasteiger partial charge on any atom is -0.369 e. The van der Waals surface area contributed by atoms with Gasteiger partial charge >= 0.3 is 0 Å². The van der Waals surface area contributed by atoms with Crippen LogP contribution in [0.15, 0.2) is 24.3 Å². The van der Waals surface area contributed by atoms with Gasteiger partial charge in [0.1, 0.15) is 0 Å². The molecule has 0 aromatic heterocycles. The third-order valence-electron chi connectivity index (χ3n) is 4.83. The minimum atomic E-state index is -3.30. The van der Waals surface area contributed by atoms with Gasteiger partial charge in [-0.05, 0) is 43.0 Å². The summed E-state index contributed by atoms with van der Waals surface area (Å²) >= 11 is 5.92. The fraction of sp³-hybridized carbons (Fsp3) is 0.625. The average Bonchev–Trinajstić information content (AvgIpc) is 2.56. The molecule has 5 nitrogen and oxygen atoms in total. The molecule has 2 aliphatic rings. The summed E-state index contributed by atoms with van der Waals surface area (Å²) in [5, 5.41) is 0.717. The van der Waals surface area contributed by atoms with Gasteiger partial charge in [-0.25, -0.2) is 0 Å². The first kappa shape index (κ1) is 17.0. The van der Waals surface area contributed by atoms with Gasteiger partial charge < -0.3 is 4.90 Å². The van der Waals surface area contributed by atoms with E-state index in [1.165, 1.54) is 0 Å². The molecule has 0 N–H and O–H groups in total. The molecule has 2 aliphatic heterocycles. The van der Waals surface area contributed by atoms with E-state index in [4.69, 9.17) is 11.6 Å². The van der Waals surface area contributed by atoms with Crippen molar-refractivity contribution in [1.29, 1.82) is 0 Å². The molecule has 0 atom stereocenters. The smallest absolute Gasteiger partial charge is 0.282 e. The number of nitrogens with zero attached hydrogens (tertiary/aromatic N) is 3. The van der Waals surface area contributed by atoms with Crippen LogP contribution in [-0.2, 0) is 10.2 Å². The highest BCUT2D eigenvalue weighted by Crippen LogP contribution is 2.23. The molecule has 0 bridgehead atoms. The van der Waals surface area contributed by atoms with E-state index in [1.807, 2.05) is 24.3 Å². The van der Waals surface area contributed by atoms with Crippen LogP contribution >= 0.6 is 11.6 Å². The molecule has 0 amide bonds. The molecule has 0 saturated carbocycles.